The third-order valence-electron chi connectivity index (χ3n) is 2.98. The first kappa shape index (κ1) is 13.4. The Labute approximate surface area is 105 Å². The second-order valence-corrected chi connectivity index (χ2v) is 6.13. The Bertz CT molecular complexity index is 520. The molecule has 0 aromatic heterocycles. The molecule has 1 heterocycles. The van der Waals surface area contributed by atoms with Crippen molar-refractivity contribution in [3.63, 3.8) is 0 Å². The fourth-order valence-electron chi connectivity index (χ4n) is 1.89. The first-order valence-corrected chi connectivity index (χ1v) is 6.99. The van der Waals surface area contributed by atoms with Crippen LogP contribution in [-0.4, -0.2) is 50.8 Å². The molecule has 0 atom stereocenters. The standard InChI is InChI=1S/C11H14F2N2O2S/c1-14-5-7-15(8-6-14)18(16,17)11-9(12)3-2-4-10(11)13/h2-4H,5-8H2,1H3. The van der Waals surface area contributed by atoms with E-state index in [1.807, 2.05) is 11.9 Å². The number of hydrogen-bond acceptors (Lipinski definition) is 3. The van der Waals surface area contributed by atoms with Gasteiger partial charge in [0.2, 0.25) is 10.0 Å². The van der Waals surface area contributed by atoms with Crippen LogP contribution in [0.5, 0.6) is 0 Å². The predicted octanol–water partition coefficient (Wildman–Crippen LogP) is 0.901. The fraction of sp³-hybridized carbons (Fsp3) is 0.455. The van der Waals surface area contributed by atoms with Crippen molar-refractivity contribution in [1.29, 1.82) is 0 Å². The number of halogens is 2. The summed E-state index contributed by atoms with van der Waals surface area (Å²) in [5.41, 5.74) is 0. The Morgan fingerprint density at radius 1 is 1.06 bits per heavy atom. The molecule has 0 saturated carbocycles. The molecular weight excluding hydrogens is 262 g/mol. The number of sulfonamides is 1. The lowest BCUT2D eigenvalue weighted by Crippen LogP contribution is -2.47. The van der Waals surface area contributed by atoms with Crippen molar-refractivity contribution in [3.05, 3.63) is 29.8 Å². The van der Waals surface area contributed by atoms with Gasteiger partial charge in [0.25, 0.3) is 0 Å². The highest BCUT2D eigenvalue weighted by Crippen LogP contribution is 2.23. The molecule has 100 valence electrons. The highest BCUT2D eigenvalue weighted by molar-refractivity contribution is 7.89. The molecule has 1 aromatic rings. The largest absolute Gasteiger partial charge is 0.304 e. The van der Waals surface area contributed by atoms with Gasteiger partial charge in [-0.15, -0.1) is 0 Å². The topological polar surface area (TPSA) is 40.6 Å². The molecular formula is C11H14F2N2O2S. The van der Waals surface area contributed by atoms with Crippen LogP contribution in [0.4, 0.5) is 8.78 Å². The average molecular weight is 276 g/mol. The third-order valence-corrected chi connectivity index (χ3v) is 4.93. The molecule has 1 aliphatic heterocycles. The van der Waals surface area contributed by atoms with Crippen LogP contribution in [0.1, 0.15) is 0 Å². The van der Waals surface area contributed by atoms with Crippen molar-refractivity contribution < 1.29 is 17.2 Å². The highest BCUT2D eigenvalue weighted by Gasteiger charge is 2.32. The number of rotatable bonds is 2. The van der Waals surface area contributed by atoms with Gasteiger partial charge >= 0.3 is 0 Å². The van der Waals surface area contributed by atoms with Crippen LogP contribution in [0, 0.1) is 11.6 Å². The molecule has 0 unspecified atom stereocenters. The summed E-state index contributed by atoms with van der Waals surface area (Å²) in [7, 11) is -2.22. The summed E-state index contributed by atoms with van der Waals surface area (Å²) in [6.45, 7) is 1.59. The Kier molecular flexibility index (Phi) is 3.65. The van der Waals surface area contributed by atoms with Crippen LogP contribution in [0.15, 0.2) is 23.1 Å². The summed E-state index contributed by atoms with van der Waals surface area (Å²) in [5.74, 6) is -2.09. The first-order chi connectivity index (χ1) is 8.43. The van der Waals surface area contributed by atoms with Gasteiger partial charge in [0.15, 0.2) is 4.90 Å². The Balaban J connectivity index is 2.37. The molecule has 1 fully saturated rings. The second kappa shape index (κ2) is 4.91. The van der Waals surface area contributed by atoms with E-state index in [1.54, 1.807) is 0 Å². The zero-order valence-electron chi connectivity index (χ0n) is 9.94. The number of nitrogens with zero attached hydrogens (tertiary/aromatic N) is 2. The van der Waals surface area contributed by atoms with Crippen LogP contribution < -0.4 is 0 Å². The molecule has 0 N–H and O–H groups in total. The van der Waals surface area contributed by atoms with Gasteiger partial charge in [-0.05, 0) is 19.2 Å². The van der Waals surface area contributed by atoms with Crippen molar-refractivity contribution >= 4 is 10.0 Å². The van der Waals surface area contributed by atoms with E-state index in [2.05, 4.69) is 0 Å². The van der Waals surface area contributed by atoms with Gasteiger partial charge in [0.05, 0.1) is 0 Å². The minimum Gasteiger partial charge on any atom is -0.304 e. The molecule has 1 aliphatic rings. The van der Waals surface area contributed by atoms with Gasteiger partial charge in [-0.2, -0.15) is 4.31 Å². The Morgan fingerprint density at radius 3 is 2.06 bits per heavy atom. The summed E-state index contributed by atoms with van der Waals surface area (Å²) >= 11 is 0. The number of piperazine rings is 1. The zero-order chi connectivity index (χ0) is 13.3. The normalized spacial score (nSPS) is 19.1. The lowest BCUT2D eigenvalue weighted by atomic mass is 10.3. The number of benzene rings is 1. The molecule has 7 heteroatoms. The maximum atomic E-state index is 13.5. The second-order valence-electron chi connectivity index (χ2n) is 4.26. The monoisotopic (exact) mass is 276 g/mol. The predicted molar refractivity (Wildman–Crippen MR) is 62.6 cm³/mol. The smallest absolute Gasteiger partial charge is 0.249 e. The summed E-state index contributed by atoms with van der Waals surface area (Å²) in [4.78, 5) is 1.11. The zero-order valence-corrected chi connectivity index (χ0v) is 10.8. The van der Waals surface area contributed by atoms with Gasteiger partial charge in [0.1, 0.15) is 11.6 Å². The summed E-state index contributed by atoms with van der Waals surface area (Å²) in [6, 6.07) is 3.05. The molecule has 0 bridgehead atoms. The molecule has 0 spiro atoms. The van der Waals surface area contributed by atoms with E-state index in [0.717, 1.165) is 22.5 Å². The van der Waals surface area contributed by atoms with E-state index < -0.39 is 26.6 Å². The van der Waals surface area contributed by atoms with Crippen molar-refractivity contribution in [3.8, 4) is 0 Å². The Morgan fingerprint density at radius 2 is 1.56 bits per heavy atom. The van der Waals surface area contributed by atoms with Gasteiger partial charge in [-0.1, -0.05) is 6.07 Å². The van der Waals surface area contributed by atoms with E-state index in [1.165, 1.54) is 0 Å². The van der Waals surface area contributed by atoms with E-state index in [0.29, 0.717) is 13.1 Å². The molecule has 0 amide bonds. The van der Waals surface area contributed by atoms with Crippen molar-refractivity contribution in [2.45, 2.75) is 4.90 Å². The summed E-state index contributed by atoms with van der Waals surface area (Å²) in [5, 5.41) is 0. The van der Waals surface area contributed by atoms with Crippen molar-refractivity contribution in [1.82, 2.24) is 9.21 Å². The molecule has 1 saturated heterocycles. The van der Waals surface area contributed by atoms with Gasteiger partial charge in [-0.25, -0.2) is 17.2 Å². The fourth-order valence-corrected chi connectivity index (χ4v) is 3.42. The molecule has 1 aromatic carbocycles. The van der Waals surface area contributed by atoms with Crippen LogP contribution in [0.2, 0.25) is 0 Å². The van der Waals surface area contributed by atoms with Crippen LogP contribution >= 0.6 is 0 Å². The lowest BCUT2D eigenvalue weighted by Gasteiger charge is -2.31. The number of hydrogen-bond donors (Lipinski definition) is 0. The van der Waals surface area contributed by atoms with Crippen LogP contribution in [-0.2, 0) is 10.0 Å². The highest BCUT2D eigenvalue weighted by atomic mass is 32.2. The van der Waals surface area contributed by atoms with Crippen LogP contribution in [0.3, 0.4) is 0 Å². The minimum atomic E-state index is -4.09. The molecule has 18 heavy (non-hydrogen) atoms. The number of likely N-dealkylation sites (N-methyl/N-ethyl adjacent to an activating group) is 1. The van der Waals surface area contributed by atoms with E-state index in [-0.39, 0.29) is 13.1 Å². The van der Waals surface area contributed by atoms with E-state index in [9.17, 15) is 17.2 Å². The Hall–Kier alpha value is -1.05. The summed E-state index contributed by atoms with van der Waals surface area (Å²) < 4.78 is 52.5. The van der Waals surface area contributed by atoms with Crippen molar-refractivity contribution in [2.75, 3.05) is 33.2 Å². The maximum Gasteiger partial charge on any atom is 0.249 e. The van der Waals surface area contributed by atoms with Crippen molar-refractivity contribution in [2.24, 2.45) is 0 Å². The maximum absolute atomic E-state index is 13.5. The van der Waals surface area contributed by atoms with Crippen LogP contribution in [0.25, 0.3) is 0 Å². The SMILES string of the molecule is CN1CCN(S(=O)(=O)c2c(F)cccc2F)CC1. The first-order valence-electron chi connectivity index (χ1n) is 5.55. The third kappa shape index (κ3) is 2.38. The molecule has 4 nitrogen and oxygen atoms in total. The minimum absolute atomic E-state index is 0.243. The van der Waals surface area contributed by atoms with E-state index >= 15 is 0 Å². The lowest BCUT2D eigenvalue weighted by molar-refractivity contribution is 0.221. The molecule has 0 radical (unpaired) electrons. The molecule has 2 rings (SSSR count). The van der Waals surface area contributed by atoms with Gasteiger partial charge in [0, 0.05) is 26.2 Å². The quantitative estimate of drug-likeness (QED) is 0.806. The molecule has 0 aliphatic carbocycles. The summed E-state index contributed by atoms with van der Waals surface area (Å²) in [6.07, 6.45) is 0. The average Bonchev–Trinajstić information content (AvgIpc) is 2.29. The van der Waals surface area contributed by atoms with Gasteiger partial charge in [-0.3, -0.25) is 0 Å². The van der Waals surface area contributed by atoms with E-state index in [4.69, 9.17) is 0 Å². The van der Waals surface area contributed by atoms with Gasteiger partial charge < -0.3 is 4.90 Å².